The molecule has 1 heterocycles. The van der Waals surface area contributed by atoms with Crippen LogP contribution in [0.25, 0.3) is 0 Å². The summed E-state index contributed by atoms with van der Waals surface area (Å²) >= 11 is 0. The van der Waals surface area contributed by atoms with Gasteiger partial charge in [0.1, 0.15) is 5.82 Å². The second-order valence-corrected chi connectivity index (χ2v) is 3.36. The first-order chi connectivity index (χ1) is 6.67. The predicted molar refractivity (Wildman–Crippen MR) is 59.9 cm³/mol. The Hall–Kier alpha value is -1.32. The molecular weight excluding hydrogens is 176 g/mol. The largest absolute Gasteiger partial charge is 0.360 e. The van der Waals surface area contributed by atoms with E-state index in [-0.39, 0.29) is 0 Å². The van der Waals surface area contributed by atoms with Crippen molar-refractivity contribution in [3.05, 3.63) is 11.8 Å². The van der Waals surface area contributed by atoms with Gasteiger partial charge in [0.25, 0.3) is 0 Å². The van der Waals surface area contributed by atoms with Gasteiger partial charge in [0, 0.05) is 32.4 Å². The first-order valence-corrected chi connectivity index (χ1v) is 4.92. The van der Waals surface area contributed by atoms with Crippen LogP contribution in [-0.4, -0.2) is 30.6 Å². The van der Waals surface area contributed by atoms with E-state index in [2.05, 4.69) is 27.1 Å². The van der Waals surface area contributed by atoms with Crippen LogP contribution in [0.1, 0.15) is 19.0 Å². The summed E-state index contributed by atoms with van der Waals surface area (Å²) in [6.45, 7) is 5.15. The van der Waals surface area contributed by atoms with Crippen LogP contribution < -0.4 is 10.2 Å². The highest BCUT2D eigenvalue weighted by molar-refractivity contribution is 5.43. The molecule has 0 spiro atoms. The fraction of sp³-hybridized carbons (Fsp3) is 0.600. The highest BCUT2D eigenvalue weighted by atomic mass is 15.2. The molecule has 78 valence electrons. The van der Waals surface area contributed by atoms with Gasteiger partial charge in [-0.2, -0.15) is 4.98 Å². The molecule has 0 aliphatic rings. The van der Waals surface area contributed by atoms with Crippen molar-refractivity contribution in [2.24, 2.45) is 0 Å². The Kier molecular flexibility index (Phi) is 3.68. The van der Waals surface area contributed by atoms with Gasteiger partial charge in [0.05, 0.1) is 0 Å². The summed E-state index contributed by atoms with van der Waals surface area (Å²) in [5.74, 6) is 1.66. The van der Waals surface area contributed by atoms with Crippen LogP contribution in [0.2, 0.25) is 0 Å². The normalized spacial score (nSPS) is 10.0. The molecule has 4 nitrogen and oxygen atoms in total. The summed E-state index contributed by atoms with van der Waals surface area (Å²) in [6.07, 6.45) is 1.12. The van der Waals surface area contributed by atoms with Crippen molar-refractivity contribution in [1.82, 2.24) is 9.97 Å². The van der Waals surface area contributed by atoms with Crippen molar-refractivity contribution in [3.8, 4) is 0 Å². The molecular formula is C10H18N4. The summed E-state index contributed by atoms with van der Waals surface area (Å²) in [6, 6.07) is 2.00. The number of hydrogen-bond donors (Lipinski definition) is 1. The van der Waals surface area contributed by atoms with Gasteiger partial charge in [0.2, 0.25) is 5.95 Å². The fourth-order valence-corrected chi connectivity index (χ4v) is 1.31. The minimum absolute atomic E-state index is 0.683. The molecule has 1 aromatic heterocycles. The van der Waals surface area contributed by atoms with E-state index in [1.165, 1.54) is 0 Å². The quantitative estimate of drug-likeness (QED) is 0.791. The molecule has 14 heavy (non-hydrogen) atoms. The molecule has 0 aliphatic carbocycles. The van der Waals surface area contributed by atoms with E-state index in [1.54, 1.807) is 0 Å². The SMILES string of the molecule is CCCN(C)c1cc(C)nc(NC)n1. The Morgan fingerprint density at radius 3 is 2.71 bits per heavy atom. The summed E-state index contributed by atoms with van der Waals surface area (Å²) in [7, 11) is 3.88. The summed E-state index contributed by atoms with van der Waals surface area (Å²) in [5, 5.41) is 2.96. The minimum Gasteiger partial charge on any atom is -0.360 e. The number of aromatic nitrogens is 2. The van der Waals surface area contributed by atoms with Crippen LogP contribution in [-0.2, 0) is 0 Å². The van der Waals surface area contributed by atoms with Crippen LogP contribution in [0.4, 0.5) is 11.8 Å². The Balaban J connectivity index is 2.90. The van der Waals surface area contributed by atoms with E-state index >= 15 is 0 Å². The van der Waals surface area contributed by atoms with Gasteiger partial charge in [0.15, 0.2) is 0 Å². The van der Waals surface area contributed by atoms with Gasteiger partial charge in [-0.15, -0.1) is 0 Å². The number of hydrogen-bond acceptors (Lipinski definition) is 4. The maximum atomic E-state index is 4.37. The maximum Gasteiger partial charge on any atom is 0.224 e. The first-order valence-electron chi connectivity index (χ1n) is 4.92. The van der Waals surface area contributed by atoms with E-state index in [0.717, 1.165) is 24.5 Å². The molecule has 0 radical (unpaired) electrons. The molecule has 0 fully saturated rings. The molecule has 0 saturated carbocycles. The van der Waals surface area contributed by atoms with Crippen molar-refractivity contribution in [1.29, 1.82) is 0 Å². The number of rotatable bonds is 4. The number of aryl methyl sites for hydroxylation is 1. The van der Waals surface area contributed by atoms with Crippen LogP contribution in [0, 0.1) is 6.92 Å². The molecule has 0 aromatic carbocycles. The molecule has 0 atom stereocenters. The lowest BCUT2D eigenvalue weighted by Crippen LogP contribution is -2.19. The smallest absolute Gasteiger partial charge is 0.224 e. The highest BCUT2D eigenvalue weighted by Crippen LogP contribution is 2.12. The zero-order valence-corrected chi connectivity index (χ0v) is 9.33. The van der Waals surface area contributed by atoms with Crippen molar-refractivity contribution >= 4 is 11.8 Å². The fourth-order valence-electron chi connectivity index (χ4n) is 1.31. The monoisotopic (exact) mass is 194 g/mol. The minimum atomic E-state index is 0.683. The molecule has 1 N–H and O–H groups in total. The molecule has 0 bridgehead atoms. The average Bonchev–Trinajstić information content (AvgIpc) is 2.17. The molecule has 0 unspecified atom stereocenters. The van der Waals surface area contributed by atoms with Gasteiger partial charge in [-0.05, 0) is 13.3 Å². The van der Waals surface area contributed by atoms with Gasteiger partial charge >= 0.3 is 0 Å². The lowest BCUT2D eigenvalue weighted by Gasteiger charge is -2.17. The van der Waals surface area contributed by atoms with Crippen LogP contribution >= 0.6 is 0 Å². The molecule has 0 aliphatic heterocycles. The second kappa shape index (κ2) is 4.79. The van der Waals surface area contributed by atoms with E-state index in [0.29, 0.717) is 5.95 Å². The van der Waals surface area contributed by atoms with Gasteiger partial charge in [-0.3, -0.25) is 0 Å². The third-order valence-corrected chi connectivity index (χ3v) is 2.01. The standard InChI is InChI=1S/C10H18N4/c1-5-6-14(4)9-7-8(2)12-10(11-3)13-9/h7H,5-6H2,1-4H3,(H,11,12,13). The van der Waals surface area contributed by atoms with Crippen LogP contribution in [0.15, 0.2) is 6.07 Å². The van der Waals surface area contributed by atoms with E-state index in [1.807, 2.05) is 27.1 Å². The third-order valence-electron chi connectivity index (χ3n) is 2.01. The van der Waals surface area contributed by atoms with Crippen molar-refractivity contribution in [2.45, 2.75) is 20.3 Å². The van der Waals surface area contributed by atoms with Gasteiger partial charge in [-0.1, -0.05) is 6.92 Å². The zero-order valence-electron chi connectivity index (χ0n) is 9.33. The van der Waals surface area contributed by atoms with E-state index in [4.69, 9.17) is 0 Å². The second-order valence-electron chi connectivity index (χ2n) is 3.36. The molecule has 1 rings (SSSR count). The van der Waals surface area contributed by atoms with Crippen molar-refractivity contribution < 1.29 is 0 Å². The molecule has 0 amide bonds. The molecule has 0 saturated heterocycles. The van der Waals surface area contributed by atoms with Crippen molar-refractivity contribution in [3.63, 3.8) is 0 Å². The lowest BCUT2D eigenvalue weighted by molar-refractivity contribution is 0.833. The molecule has 1 aromatic rings. The Bertz CT molecular complexity index is 298. The zero-order chi connectivity index (χ0) is 10.6. The van der Waals surface area contributed by atoms with E-state index < -0.39 is 0 Å². The summed E-state index contributed by atoms with van der Waals surface area (Å²) < 4.78 is 0. The highest BCUT2D eigenvalue weighted by Gasteiger charge is 2.04. The average molecular weight is 194 g/mol. The van der Waals surface area contributed by atoms with Gasteiger partial charge in [-0.25, -0.2) is 4.98 Å². The Morgan fingerprint density at radius 2 is 2.14 bits per heavy atom. The topological polar surface area (TPSA) is 41.1 Å². The number of anilines is 2. The van der Waals surface area contributed by atoms with Crippen LogP contribution in [0.3, 0.4) is 0 Å². The van der Waals surface area contributed by atoms with E-state index in [9.17, 15) is 0 Å². The van der Waals surface area contributed by atoms with Crippen LogP contribution in [0.5, 0.6) is 0 Å². The summed E-state index contributed by atoms with van der Waals surface area (Å²) in [4.78, 5) is 10.8. The summed E-state index contributed by atoms with van der Waals surface area (Å²) in [5.41, 5.74) is 0.988. The molecule has 4 heteroatoms. The number of nitrogens with one attached hydrogen (secondary N) is 1. The van der Waals surface area contributed by atoms with Crippen molar-refractivity contribution in [2.75, 3.05) is 30.9 Å². The first kappa shape index (κ1) is 10.8. The predicted octanol–water partition coefficient (Wildman–Crippen LogP) is 1.67. The van der Waals surface area contributed by atoms with Gasteiger partial charge < -0.3 is 10.2 Å². The third kappa shape index (κ3) is 2.58. The Morgan fingerprint density at radius 1 is 1.43 bits per heavy atom. The lowest BCUT2D eigenvalue weighted by atomic mass is 10.4. The maximum absolute atomic E-state index is 4.37. The Labute approximate surface area is 85.4 Å². The number of nitrogens with zero attached hydrogens (tertiary/aromatic N) is 3.